The fourth-order valence-corrected chi connectivity index (χ4v) is 2.81. The first-order chi connectivity index (χ1) is 9.41. The van der Waals surface area contributed by atoms with Crippen LogP contribution in [0.1, 0.15) is 24.0 Å². The van der Waals surface area contributed by atoms with Crippen LogP contribution in [0.5, 0.6) is 0 Å². The summed E-state index contributed by atoms with van der Waals surface area (Å²) in [5, 5.41) is 8.35. The molecule has 0 bridgehead atoms. The van der Waals surface area contributed by atoms with Gasteiger partial charge in [-0.05, 0) is 36.8 Å². The number of sulfonamides is 1. The van der Waals surface area contributed by atoms with Gasteiger partial charge in [0.05, 0.1) is 11.4 Å². The Balaban J connectivity index is 2.18. The van der Waals surface area contributed by atoms with Crippen molar-refractivity contribution in [1.82, 2.24) is 0 Å². The van der Waals surface area contributed by atoms with Crippen molar-refractivity contribution >= 4 is 15.7 Å². The van der Waals surface area contributed by atoms with E-state index in [0.29, 0.717) is 12.1 Å². The molecule has 108 valence electrons. The highest BCUT2D eigenvalue weighted by atomic mass is 32.2. The third-order valence-corrected chi connectivity index (χ3v) is 4.16. The Kier molecular flexibility index (Phi) is 4.15. The molecular weight excluding hydrogens is 276 g/mol. The van der Waals surface area contributed by atoms with Gasteiger partial charge in [0.25, 0.3) is 0 Å². The standard InChI is InChI=1S/C14H18N2O3S/c1-3-11-7-8-12(19-11)9-16-13-5-4-6-14(10(13)2)20(15,17)18/h4-8,16H,3,9H2,1-2H3,(H2,15,17,18). The van der Waals surface area contributed by atoms with Crippen LogP contribution in [0, 0.1) is 6.92 Å². The van der Waals surface area contributed by atoms with Crippen molar-refractivity contribution in [3.05, 3.63) is 47.4 Å². The van der Waals surface area contributed by atoms with Gasteiger partial charge < -0.3 is 9.73 Å². The van der Waals surface area contributed by atoms with Crippen LogP contribution < -0.4 is 10.5 Å². The molecule has 0 saturated carbocycles. The van der Waals surface area contributed by atoms with Gasteiger partial charge >= 0.3 is 0 Å². The average Bonchev–Trinajstić information content (AvgIpc) is 2.84. The third-order valence-electron chi connectivity index (χ3n) is 3.11. The van der Waals surface area contributed by atoms with Crippen molar-refractivity contribution in [2.75, 3.05) is 5.32 Å². The third kappa shape index (κ3) is 3.20. The van der Waals surface area contributed by atoms with Gasteiger partial charge in [-0.25, -0.2) is 13.6 Å². The molecule has 2 aromatic rings. The van der Waals surface area contributed by atoms with Crippen molar-refractivity contribution in [1.29, 1.82) is 0 Å². The fourth-order valence-electron chi connectivity index (χ4n) is 2.00. The summed E-state index contributed by atoms with van der Waals surface area (Å²) in [5.41, 5.74) is 1.34. The molecule has 0 aliphatic carbocycles. The maximum Gasteiger partial charge on any atom is 0.238 e. The normalized spacial score (nSPS) is 11.6. The average molecular weight is 294 g/mol. The molecule has 1 aromatic carbocycles. The maximum atomic E-state index is 11.5. The molecule has 6 heteroatoms. The van der Waals surface area contributed by atoms with Crippen molar-refractivity contribution in [2.45, 2.75) is 31.7 Å². The largest absolute Gasteiger partial charge is 0.464 e. The first-order valence-corrected chi connectivity index (χ1v) is 7.90. The Morgan fingerprint density at radius 1 is 1.20 bits per heavy atom. The molecule has 0 unspecified atom stereocenters. The van der Waals surface area contributed by atoms with Crippen LogP contribution in [-0.4, -0.2) is 8.42 Å². The lowest BCUT2D eigenvalue weighted by molar-refractivity contribution is 0.476. The van der Waals surface area contributed by atoms with Crippen molar-refractivity contribution < 1.29 is 12.8 Å². The smallest absolute Gasteiger partial charge is 0.238 e. The second-order valence-electron chi connectivity index (χ2n) is 4.55. The minimum Gasteiger partial charge on any atom is -0.464 e. The summed E-state index contributed by atoms with van der Waals surface area (Å²) < 4.78 is 28.5. The van der Waals surface area contributed by atoms with Crippen LogP contribution in [-0.2, 0) is 23.0 Å². The molecule has 0 aliphatic rings. The molecule has 1 aromatic heterocycles. The molecule has 1 heterocycles. The molecule has 0 radical (unpaired) electrons. The fraction of sp³-hybridized carbons (Fsp3) is 0.286. The lowest BCUT2D eigenvalue weighted by Gasteiger charge is -2.11. The molecule has 0 atom stereocenters. The van der Waals surface area contributed by atoms with E-state index in [4.69, 9.17) is 9.56 Å². The number of hydrogen-bond donors (Lipinski definition) is 2. The molecule has 0 saturated heterocycles. The molecule has 5 nitrogen and oxygen atoms in total. The van der Waals surface area contributed by atoms with Gasteiger partial charge in [0, 0.05) is 12.1 Å². The van der Waals surface area contributed by atoms with Gasteiger partial charge in [-0.2, -0.15) is 0 Å². The number of nitrogens with one attached hydrogen (secondary N) is 1. The quantitative estimate of drug-likeness (QED) is 0.886. The molecule has 3 N–H and O–H groups in total. The molecule has 20 heavy (non-hydrogen) atoms. The summed E-state index contributed by atoms with van der Waals surface area (Å²) in [6, 6.07) is 8.82. The van der Waals surface area contributed by atoms with E-state index in [0.717, 1.165) is 23.6 Å². The summed E-state index contributed by atoms with van der Waals surface area (Å²) in [7, 11) is -3.70. The highest BCUT2D eigenvalue weighted by Crippen LogP contribution is 2.22. The highest BCUT2D eigenvalue weighted by Gasteiger charge is 2.13. The molecule has 2 rings (SSSR count). The monoisotopic (exact) mass is 294 g/mol. The summed E-state index contributed by atoms with van der Waals surface area (Å²) in [5.74, 6) is 1.74. The number of benzene rings is 1. The minimum absolute atomic E-state index is 0.135. The van der Waals surface area contributed by atoms with E-state index >= 15 is 0 Å². The summed E-state index contributed by atoms with van der Waals surface area (Å²) in [6.45, 7) is 4.24. The Morgan fingerprint density at radius 3 is 2.50 bits per heavy atom. The van der Waals surface area contributed by atoms with Gasteiger partial charge in [0.1, 0.15) is 11.5 Å². The van der Waals surface area contributed by atoms with Crippen LogP contribution >= 0.6 is 0 Å². The van der Waals surface area contributed by atoms with E-state index in [1.165, 1.54) is 6.07 Å². The highest BCUT2D eigenvalue weighted by molar-refractivity contribution is 7.89. The summed E-state index contributed by atoms with van der Waals surface area (Å²) in [6.07, 6.45) is 0.847. The zero-order chi connectivity index (χ0) is 14.8. The number of rotatable bonds is 5. The van der Waals surface area contributed by atoms with E-state index in [-0.39, 0.29) is 4.90 Å². The predicted molar refractivity (Wildman–Crippen MR) is 78.0 cm³/mol. The Labute approximate surface area is 118 Å². The van der Waals surface area contributed by atoms with Gasteiger partial charge in [0.15, 0.2) is 0 Å². The number of anilines is 1. The van der Waals surface area contributed by atoms with E-state index in [1.54, 1.807) is 13.0 Å². The number of hydrogen-bond acceptors (Lipinski definition) is 4. The van der Waals surface area contributed by atoms with Crippen molar-refractivity contribution in [3.8, 4) is 0 Å². The van der Waals surface area contributed by atoms with Crippen LogP contribution in [0.25, 0.3) is 0 Å². The van der Waals surface area contributed by atoms with Crippen molar-refractivity contribution in [3.63, 3.8) is 0 Å². The van der Waals surface area contributed by atoms with Gasteiger partial charge in [-0.3, -0.25) is 0 Å². The van der Waals surface area contributed by atoms with E-state index in [2.05, 4.69) is 5.32 Å². The summed E-state index contributed by atoms with van der Waals surface area (Å²) >= 11 is 0. The topological polar surface area (TPSA) is 85.3 Å². The first kappa shape index (κ1) is 14.6. The SMILES string of the molecule is CCc1ccc(CNc2cccc(S(N)(=O)=O)c2C)o1. The lowest BCUT2D eigenvalue weighted by Crippen LogP contribution is -2.14. The molecular formula is C14H18N2O3S. The summed E-state index contributed by atoms with van der Waals surface area (Å²) in [4.78, 5) is 0.135. The second-order valence-corrected chi connectivity index (χ2v) is 6.08. The van der Waals surface area contributed by atoms with Gasteiger partial charge in [-0.1, -0.05) is 13.0 Å². The zero-order valence-electron chi connectivity index (χ0n) is 11.5. The predicted octanol–water partition coefficient (Wildman–Crippen LogP) is 2.41. The van der Waals surface area contributed by atoms with E-state index in [9.17, 15) is 8.42 Å². The molecule has 0 aliphatic heterocycles. The van der Waals surface area contributed by atoms with Gasteiger partial charge in [-0.15, -0.1) is 0 Å². The Hall–Kier alpha value is -1.79. The number of primary sulfonamides is 1. The van der Waals surface area contributed by atoms with E-state index in [1.807, 2.05) is 25.1 Å². The van der Waals surface area contributed by atoms with Crippen LogP contribution in [0.4, 0.5) is 5.69 Å². The Morgan fingerprint density at radius 2 is 1.90 bits per heavy atom. The number of aryl methyl sites for hydroxylation is 1. The Bertz CT molecular complexity index is 705. The maximum absolute atomic E-state index is 11.5. The molecule has 0 fully saturated rings. The van der Waals surface area contributed by atoms with Crippen LogP contribution in [0.2, 0.25) is 0 Å². The van der Waals surface area contributed by atoms with Crippen LogP contribution in [0.3, 0.4) is 0 Å². The molecule has 0 spiro atoms. The van der Waals surface area contributed by atoms with Crippen LogP contribution in [0.15, 0.2) is 39.6 Å². The minimum atomic E-state index is -3.70. The first-order valence-electron chi connectivity index (χ1n) is 6.35. The number of furan rings is 1. The molecule has 0 amide bonds. The zero-order valence-corrected chi connectivity index (χ0v) is 12.3. The lowest BCUT2D eigenvalue weighted by atomic mass is 10.2. The number of nitrogens with two attached hydrogens (primary N) is 1. The van der Waals surface area contributed by atoms with Gasteiger partial charge in [0.2, 0.25) is 10.0 Å². The van der Waals surface area contributed by atoms with Crippen molar-refractivity contribution in [2.24, 2.45) is 5.14 Å². The second kappa shape index (κ2) is 5.68. The van der Waals surface area contributed by atoms with E-state index < -0.39 is 10.0 Å².